The molecule has 2 atom stereocenters. The van der Waals surface area contributed by atoms with Gasteiger partial charge in [-0.25, -0.2) is 9.59 Å². The van der Waals surface area contributed by atoms with Crippen LogP contribution in [-0.2, 0) is 9.53 Å². The molecule has 0 aliphatic heterocycles. The maximum absolute atomic E-state index is 11.6. The summed E-state index contributed by atoms with van der Waals surface area (Å²) >= 11 is 0. The molecule has 0 aliphatic rings. The van der Waals surface area contributed by atoms with Gasteiger partial charge in [0.1, 0.15) is 5.60 Å². The Bertz CT molecular complexity index is 284. The van der Waals surface area contributed by atoms with Crippen LogP contribution in [0.2, 0.25) is 0 Å². The van der Waals surface area contributed by atoms with E-state index in [0.717, 1.165) is 0 Å². The molecule has 17 heavy (non-hydrogen) atoms. The fourth-order valence-corrected chi connectivity index (χ4v) is 1.10. The molecule has 0 saturated carbocycles. The van der Waals surface area contributed by atoms with Gasteiger partial charge < -0.3 is 19.8 Å². The van der Waals surface area contributed by atoms with Crippen molar-refractivity contribution >= 4 is 12.1 Å². The zero-order valence-electron chi connectivity index (χ0n) is 10.9. The smallest absolute Gasteiger partial charge is 0.410 e. The van der Waals surface area contributed by atoms with Crippen molar-refractivity contribution in [3.63, 3.8) is 0 Å². The Kier molecular flexibility index (Phi) is 5.41. The number of carboxylic acid groups (broad SMARTS) is 1. The van der Waals surface area contributed by atoms with E-state index in [0.29, 0.717) is 0 Å². The first-order valence-corrected chi connectivity index (χ1v) is 5.41. The molecule has 6 heteroatoms. The maximum Gasteiger partial charge on any atom is 0.410 e. The van der Waals surface area contributed by atoms with E-state index in [1.807, 2.05) is 0 Å². The molecule has 100 valence electrons. The van der Waals surface area contributed by atoms with E-state index in [1.165, 1.54) is 11.9 Å². The lowest BCUT2D eigenvalue weighted by Gasteiger charge is -2.29. The molecule has 2 unspecified atom stereocenters. The lowest BCUT2D eigenvalue weighted by Crippen LogP contribution is -2.41. The number of nitrogens with zero attached hydrogens (tertiary/aromatic N) is 1. The molecule has 0 aromatic heterocycles. The fourth-order valence-electron chi connectivity index (χ4n) is 1.10. The number of aliphatic carboxylic acids is 1. The van der Waals surface area contributed by atoms with Crippen molar-refractivity contribution in [3.05, 3.63) is 0 Å². The van der Waals surface area contributed by atoms with E-state index in [-0.39, 0.29) is 6.42 Å². The van der Waals surface area contributed by atoms with E-state index >= 15 is 0 Å². The van der Waals surface area contributed by atoms with Gasteiger partial charge in [-0.15, -0.1) is 0 Å². The number of amides is 1. The third kappa shape index (κ3) is 6.11. The van der Waals surface area contributed by atoms with E-state index in [9.17, 15) is 14.7 Å². The first kappa shape index (κ1) is 15.7. The van der Waals surface area contributed by atoms with Gasteiger partial charge in [-0.1, -0.05) is 0 Å². The normalized spacial score (nSPS) is 14.9. The lowest BCUT2D eigenvalue weighted by atomic mass is 10.1. The van der Waals surface area contributed by atoms with Gasteiger partial charge in [-0.3, -0.25) is 0 Å². The molecule has 0 bridgehead atoms. The van der Waals surface area contributed by atoms with Gasteiger partial charge in [0.25, 0.3) is 0 Å². The zero-order valence-corrected chi connectivity index (χ0v) is 10.9. The number of carbonyl (C=O) groups excluding carboxylic acids is 1. The van der Waals surface area contributed by atoms with Crippen molar-refractivity contribution < 1.29 is 24.5 Å². The average Bonchev–Trinajstić information content (AvgIpc) is 2.13. The summed E-state index contributed by atoms with van der Waals surface area (Å²) in [6.07, 6.45) is -2.05. The number of rotatable bonds is 4. The summed E-state index contributed by atoms with van der Waals surface area (Å²) in [5.41, 5.74) is -0.601. The molecule has 0 aliphatic carbocycles. The molecule has 0 rings (SSSR count). The van der Waals surface area contributed by atoms with E-state index < -0.39 is 29.8 Å². The summed E-state index contributed by atoms with van der Waals surface area (Å²) in [5, 5.41) is 17.7. The Hall–Kier alpha value is -1.30. The second-order valence-corrected chi connectivity index (χ2v) is 5.03. The van der Waals surface area contributed by atoms with Crippen LogP contribution >= 0.6 is 0 Å². The Balaban J connectivity index is 4.35. The number of hydrogen-bond acceptors (Lipinski definition) is 4. The minimum atomic E-state index is -1.48. The van der Waals surface area contributed by atoms with Crippen molar-refractivity contribution in [2.75, 3.05) is 7.05 Å². The van der Waals surface area contributed by atoms with Gasteiger partial charge in [0, 0.05) is 19.5 Å². The lowest BCUT2D eigenvalue weighted by molar-refractivity contribution is -0.147. The van der Waals surface area contributed by atoms with Crippen LogP contribution in [0.3, 0.4) is 0 Å². The van der Waals surface area contributed by atoms with Gasteiger partial charge in [-0.05, 0) is 27.7 Å². The van der Waals surface area contributed by atoms with Crippen LogP contribution in [0.5, 0.6) is 0 Å². The Morgan fingerprint density at radius 3 is 2.18 bits per heavy atom. The Morgan fingerprint density at radius 2 is 1.82 bits per heavy atom. The van der Waals surface area contributed by atoms with Crippen LogP contribution in [0.15, 0.2) is 0 Å². The Labute approximate surface area is 101 Å². The highest BCUT2D eigenvalue weighted by atomic mass is 16.6. The minimum Gasteiger partial charge on any atom is -0.479 e. The minimum absolute atomic E-state index is 0.0366. The van der Waals surface area contributed by atoms with Crippen molar-refractivity contribution in [1.29, 1.82) is 0 Å². The van der Waals surface area contributed by atoms with Crippen LogP contribution in [0.4, 0.5) is 4.79 Å². The number of aliphatic hydroxyl groups excluding tert-OH is 1. The van der Waals surface area contributed by atoms with Crippen molar-refractivity contribution in [3.8, 4) is 0 Å². The molecule has 2 N–H and O–H groups in total. The topological polar surface area (TPSA) is 87.1 Å². The second kappa shape index (κ2) is 5.86. The predicted octanol–water partition coefficient (Wildman–Crippen LogP) is 1.08. The van der Waals surface area contributed by atoms with Crippen LogP contribution in [0, 0.1) is 0 Å². The summed E-state index contributed by atoms with van der Waals surface area (Å²) in [6, 6.07) is -0.420. The van der Waals surface area contributed by atoms with Gasteiger partial charge >= 0.3 is 12.1 Å². The molecule has 0 heterocycles. The molecule has 0 saturated heterocycles. The number of carboxylic acids is 1. The van der Waals surface area contributed by atoms with Crippen molar-refractivity contribution in [1.82, 2.24) is 4.90 Å². The summed E-state index contributed by atoms with van der Waals surface area (Å²) in [4.78, 5) is 23.4. The van der Waals surface area contributed by atoms with Crippen molar-refractivity contribution in [2.45, 2.75) is 51.9 Å². The SMILES string of the molecule is CC(CC(O)C(=O)O)N(C)C(=O)OC(C)(C)C. The third-order valence-electron chi connectivity index (χ3n) is 2.19. The summed E-state index contributed by atoms with van der Waals surface area (Å²) in [6.45, 7) is 6.89. The summed E-state index contributed by atoms with van der Waals surface area (Å²) in [5.74, 6) is -1.30. The third-order valence-corrected chi connectivity index (χ3v) is 2.19. The fraction of sp³-hybridized carbons (Fsp3) is 0.818. The summed E-state index contributed by atoms with van der Waals surface area (Å²) in [7, 11) is 1.51. The summed E-state index contributed by atoms with van der Waals surface area (Å²) < 4.78 is 5.12. The second-order valence-electron chi connectivity index (χ2n) is 5.03. The molecular formula is C11H21NO5. The number of carbonyl (C=O) groups is 2. The molecule has 0 aromatic rings. The van der Waals surface area contributed by atoms with Crippen molar-refractivity contribution in [2.24, 2.45) is 0 Å². The molecular weight excluding hydrogens is 226 g/mol. The van der Waals surface area contributed by atoms with E-state index in [1.54, 1.807) is 27.7 Å². The number of ether oxygens (including phenoxy) is 1. The van der Waals surface area contributed by atoms with E-state index in [4.69, 9.17) is 9.84 Å². The van der Waals surface area contributed by atoms with Gasteiger partial charge in [-0.2, -0.15) is 0 Å². The quantitative estimate of drug-likeness (QED) is 0.776. The molecule has 0 aromatic carbocycles. The van der Waals surface area contributed by atoms with E-state index in [2.05, 4.69) is 0 Å². The van der Waals surface area contributed by atoms with Crippen LogP contribution in [0.25, 0.3) is 0 Å². The zero-order chi connectivity index (χ0) is 13.8. The largest absolute Gasteiger partial charge is 0.479 e. The highest BCUT2D eigenvalue weighted by Crippen LogP contribution is 2.12. The molecule has 0 radical (unpaired) electrons. The van der Waals surface area contributed by atoms with Gasteiger partial charge in [0.05, 0.1) is 0 Å². The first-order chi connectivity index (χ1) is 7.54. The first-order valence-electron chi connectivity index (χ1n) is 5.41. The molecule has 6 nitrogen and oxygen atoms in total. The molecule has 0 fully saturated rings. The predicted molar refractivity (Wildman–Crippen MR) is 61.7 cm³/mol. The molecule has 0 spiro atoms. The monoisotopic (exact) mass is 247 g/mol. The van der Waals surface area contributed by atoms with Crippen LogP contribution in [-0.4, -0.2) is 52.0 Å². The number of aliphatic hydroxyl groups is 1. The maximum atomic E-state index is 11.6. The standard InChI is InChI=1S/C11H21NO5/c1-7(6-8(13)9(14)15)12(5)10(16)17-11(2,3)4/h7-8,13H,6H2,1-5H3,(H,14,15). The number of hydrogen-bond donors (Lipinski definition) is 2. The highest BCUT2D eigenvalue weighted by molar-refractivity contribution is 5.72. The van der Waals surface area contributed by atoms with Gasteiger partial charge in [0.2, 0.25) is 0 Å². The average molecular weight is 247 g/mol. The highest BCUT2D eigenvalue weighted by Gasteiger charge is 2.26. The van der Waals surface area contributed by atoms with Crippen LogP contribution in [0.1, 0.15) is 34.1 Å². The Morgan fingerprint density at radius 1 is 1.35 bits per heavy atom. The van der Waals surface area contributed by atoms with Crippen LogP contribution < -0.4 is 0 Å². The van der Waals surface area contributed by atoms with Gasteiger partial charge in [0.15, 0.2) is 6.10 Å². The molecule has 1 amide bonds.